The lowest BCUT2D eigenvalue weighted by Gasteiger charge is -2.13. The van der Waals surface area contributed by atoms with Gasteiger partial charge in [-0.3, -0.25) is 4.79 Å². The Hall–Kier alpha value is -1.10. The third-order valence-corrected chi connectivity index (χ3v) is 5.15. The van der Waals surface area contributed by atoms with Crippen molar-refractivity contribution in [1.29, 1.82) is 0 Å². The van der Waals surface area contributed by atoms with Gasteiger partial charge in [-0.1, -0.05) is 11.6 Å². The van der Waals surface area contributed by atoms with Crippen LogP contribution in [-0.4, -0.2) is 24.4 Å². The third-order valence-electron chi connectivity index (χ3n) is 3.60. The van der Waals surface area contributed by atoms with Gasteiger partial charge in [-0.2, -0.15) is 0 Å². The predicted octanol–water partition coefficient (Wildman–Crippen LogP) is 2.57. The van der Waals surface area contributed by atoms with E-state index < -0.39 is 0 Å². The van der Waals surface area contributed by atoms with Gasteiger partial charge in [0.1, 0.15) is 0 Å². The second-order valence-corrected chi connectivity index (χ2v) is 6.58. The van der Waals surface area contributed by atoms with Crippen LogP contribution >= 0.6 is 22.9 Å². The maximum absolute atomic E-state index is 11.2. The van der Waals surface area contributed by atoms with Gasteiger partial charge in [-0.15, -0.1) is 11.3 Å². The summed E-state index contributed by atoms with van der Waals surface area (Å²) in [6.45, 7) is 1.84. The molecule has 1 amide bonds. The molecule has 5 heteroatoms. The Morgan fingerprint density at radius 2 is 2.26 bits per heavy atom. The normalized spacial score (nSPS) is 15.7. The zero-order valence-electron chi connectivity index (χ0n) is 10.7. The minimum Gasteiger partial charge on any atom is -0.369 e. The maximum Gasteiger partial charge on any atom is 0.222 e. The molecule has 0 spiro atoms. The first-order valence-corrected chi connectivity index (χ1v) is 7.44. The number of nitrogens with zero attached hydrogens (tertiary/aromatic N) is 1. The largest absolute Gasteiger partial charge is 0.369 e. The molecule has 3 rings (SSSR count). The molecule has 100 valence electrons. The minimum absolute atomic E-state index is 0.276. The van der Waals surface area contributed by atoms with Crippen molar-refractivity contribution in [3.8, 4) is 0 Å². The first-order chi connectivity index (χ1) is 9.06. The Kier molecular flexibility index (Phi) is 3.25. The number of likely N-dealkylation sites (N-methyl/N-ethyl adjacent to an activating group) is 1. The SMILES string of the molecule is CN1CCc2c(Cl)ccc3sc(CC(N)=O)c(c23)C1. The van der Waals surface area contributed by atoms with Crippen LogP contribution < -0.4 is 5.73 Å². The molecule has 0 unspecified atom stereocenters. The Morgan fingerprint density at radius 1 is 1.47 bits per heavy atom. The lowest BCUT2D eigenvalue weighted by Crippen LogP contribution is -2.20. The summed E-state index contributed by atoms with van der Waals surface area (Å²) in [6.07, 6.45) is 1.27. The number of halogens is 1. The molecule has 2 N–H and O–H groups in total. The number of nitrogens with two attached hydrogens (primary N) is 1. The molecule has 0 bridgehead atoms. The van der Waals surface area contributed by atoms with Crippen molar-refractivity contribution >= 4 is 38.9 Å². The summed E-state index contributed by atoms with van der Waals surface area (Å²) in [5.74, 6) is -0.276. The van der Waals surface area contributed by atoms with Crippen molar-refractivity contribution in [2.45, 2.75) is 19.4 Å². The molecule has 1 aromatic heterocycles. The van der Waals surface area contributed by atoms with Crippen LogP contribution in [0.2, 0.25) is 5.02 Å². The lowest BCUT2D eigenvalue weighted by molar-refractivity contribution is -0.117. The number of rotatable bonds is 2. The van der Waals surface area contributed by atoms with Gasteiger partial charge in [0.15, 0.2) is 0 Å². The van der Waals surface area contributed by atoms with Crippen LogP contribution in [0.15, 0.2) is 12.1 Å². The van der Waals surface area contributed by atoms with Crippen molar-refractivity contribution < 1.29 is 4.79 Å². The summed E-state index contributed by atoms with van der Waals surface area (Å²) in [5.41, 5.74) is 7.80. The summed E-state index contributed by atoms with van der Waals surface area (Å²) in [4.78, 5) is 14.6. The molecule has 0 saturated carbocycles. The number of amides is 1. The molecule has 1 aliphatic heterocycles. The number of primary amides is 1. The molecule has 0 saturated heterocycles. The van der Waals surface area contributed by atoms with E-state index in [1.54, 1.807) is 11.3 Å². The second-order valence-electron chi connectivity index (χ2n) is 5.03. The number of benzene rings is 1. The first-order valence-electron chi connectivity index (χ1n) is 6.24. The monoisotopic (exact) mass is 294 g/mol. The zero-order chi connectivity index (χ0) is 13.6. The summed E-state index contributed by atoms with van der Waals surface area (Å²) in [6, 6.07) is 4.00. The predicted molar refractivity (Wildman–Crippen MR) is 79.8 cm³/mol. The smallest absolute Gasteiger partial charge is 0.222 e. The average molecular weight is 295 g/mol. The topological polar surface area (TPSA) is 46.3 Å². The van der Waals surface area contributed by atoms with Crippen molar-refractivity contribution in [1.82, 2.24) is 4.90 Å². The van der Waals surface area contributed by atoms with Crippen LogP contribution in [0.5, 0.6) is 0 Å². The van der Waals surface area contributed by atoms with E-state index in [0.29, 0.717) is 6.42 Å². The quantitative estimate of drug-likeness (QED) is 0.925. The Labute approximate surface area is 121 Å². The molecule has 0 atom stereocenters. The van der Waals surface area contributed by atoms with E-state index in [4.69, 9.17) is 17.3 Å². The molecule has 0 aliphatic carbocycles. The van der Waals surface area contributed by atoms with Crippen molar-refractivity contribution in [2.75, 3.05) is 13.6 Å². The van der Waals surface area contributed by atoms with E-state index in [-0.39, 0.29) is 5.91 Å². The highest BCUT2D eigenvalue weighted by atomic mass is 35.5. The van der Waals surface area contributed by atoms with Gasteiger partial charge in [0.05, 0.1) is 6.42 Å². The lowest BCUT2D eigenvalue weighted by atomic mass is 10.0. The van der Waals surface area contributed by atoms with E-state index in [2.05, 4.69) is 11.9 Å². The molecule has 1 aromatic carbocycles. The number of hydrogen-bond donors (Lipinski definition) is 1. The summed E-state index contributed by atoms with van der Waals surface area (Å²) in [5, 5.41) is 2.07. The van der Waals surface area contributed by atoms with Gasteiger partial charge >= 0.3 is 0 Å². The van der Waals surface area contributed by atoms with Crippen LogP contribution in [0, 0.1) is 0 Å². The van der Waals surface area contributed by atoms with Crippen molar-refractivity contribution in [3.05, 3.63) is 33.2 Å². The number of carbonyl (C=O) groups excluding carboxylic acids is 1. The van der Waals surface area contributed by atoms with Crippen LogP contribution in [0.4, 0.5) is 0 Å². The average Bonchev–Trinajstić information content (AvgIpc) is 2.55. The molecule has 3 nitrogen and oxygen atoms in total. The fourth-order valence-corrected chi connectivity index (χ4v) is 4.22. The van der Waals surface area contributed by atoms with Crippen LogP contribution in [0.1, 0.15) is 16.0 Å². The van der Waals surface area contributed by atoms with E-state index in [1.807, 2.05) is 12.1 Å². The number of hydrogen-bond acceptors (Lipinski definition) is 3. The van der Waals surface area contributed by atoms with Crippen LogP contribution in [-0.2, 0) is 24.2 Å². The molecular formula is C14H15ClN2OS. The molecule has 19 heavy (non-hydrogen) atoms. The molecule has 1 aliphatic rings. The zero-order valence-corrected chi connectivity index (χ0v) is 12.3. The van der Waals surface area contributed by atoms with E-state index in [9.17, 15) is 4.79 Å². The Balaban J connectivity index is 2.27. The van der Waals surface area contributed by atoms with Gasteiger partial charge in [0.2, 0.25) is 5.91 Å². The second kappa shape index (κ2) is 4.78. The van der Waals surface area contributed by atoms with Crippen LogP contribution in [0.25, 0.3) is 10.1 Å². The van der Waals surface area contributed by atoms with Gasteiger partial charge in [-0.25, -0.2) is 0 Å². The standard InChI is InChI=1S/C14H15ClN2OS/c1-17-5-4-8-10(15)2-3-11-14(8)9(7-17)12(19-11)6-13(16)18/h2-3H,4-7H2,1H3,(H2,16,18). The fourth-order valence-electron chi connectivity index (χ4n) is 2.71. The molecule has 0 radical (unpaired) electrons. The van der Waals surface area contributed by atoms with Gasteiger partial charge < -0.3 is 10.6 Å². The molecule has 2 heterocycles. The number of carbonyl (C=O) groups is 1. The first kappa shape index (κ1) is 12.9. The number of thiophene rings is 1. The Morgan fingerprint density at radius 3 is 3.00 bits per heavy atom. The summed E-state index contributed by atoms with van der Waals surface area (Å²) >= 11 is 8.00. The maximum atomic E-state index is 11.2. The highest BCUT2D eigenvalue weighted by molar-refractivity contribution is 7.19. The third kappa shape index (κ3) is 2.24. The highest BCUT2D eigenvalue weighted by Gasteiger charge is 2.22. The van der Waals surface area contributed by atoms with E-state index in [0.717, 1.165) is 29.4 Å². The van der Waals surface area contributed by atoms with Gasteiger partial charge in [-0.05, 0) is 36.7 Å². The molecular weight excluding hydrogens is 280 g/mol. The van der Waals surface area contributed by atoms with Gasteiger partial charge in [0, 0.05) is 33.1 Å². The molecule has 0 fully saturated rings. The van der Waals surface area contributed by atoms with Crippen LogP contribution in [0.3, 0.4) is 0 Å². The highest BCUT2D eigenvalue weighted by Crippen LogP contribution is 2.39. The van der Waals surface area contributed by atoms with E-state index >= 15 is 0 Å². The van der Waals surface area contributed by atoms with Crippen molar-refractivity contribution in [2.24, 2.45) is 5.73 Å². The fraction of sp³-hybridized carbons (Fsp3) is 0.357. The Bertz CT molecular complexity index is 665. The summed E-state index contributed by atoms with van der Waals surface area (Å²) in [7, 11) is 2.09. The summed E-state index contributed by atoms with van der Waals surface area (Å²) < 4.78 is 1.21. The van der Waals surface area contributed by atoms with E-state index in [1.165, 1.54) is 21.2 Å². The van der Waals surface area contributed by atoms with Crippen molar-refractivity contribution in [3.63, 3.8) is 0 Å². The van der Waals surface area contributed by atoms with Gasteiger partial charge in [0.25, 0.3) is 0 Å². The molecule has 2 aromatic rings. The minimum atomic E-state index is -0.276.